The first-order valence-corrected chi connectivity index (χ1v) is 6.10. The van der Waals surface area contributed by atoms with Crippen molar-refractivity contribution in [2.24, 2.45) is 0 Å². The summed E-state index contributed by atoms with van der Waals surface area (Å²) >= 11 is 3.46. The second-order valence-corrected chi connectivity index (χ2v) is 4.63. The van der Waals surface area contributed by atoms with Gasteiger partial charge in [-0.15, -0.1) is 0 Å². The first-order valence-electron chi connectivity index (χ1n) is 5.30. The van der Waals surface area contributed by atoms with E-state index in [4.69, 9.17) is 0 Å². The number of rotatable bonds is 3. The Labute approximate surface area is 103 Å². The van der Waals surface area contributed by atoms with Crippen molar-refractivity contribution in [3.8, 4) is 0 Å². The summed E-state index contributed by atoms with van der Waals surface area (Å²) in [5.41, 5.74) is 3.41. The predicted molar refractivity (Wildman–Crippen MR) is 67.0 cm³/mol. The molecular formula is C12H13BrN2O. The maximum absolute atomic E-state index is 11.2. The molecule has 4 heteroatoms. The van der Waals surface area contributed by atoms with Crippen LogP contribution in [0.4, 0.5) is 0 Å². The molecule has 0 amide bonds. The Morgan fingerprint density at radius 1 is 1.50 bits per heavy atom. The quantitative estimate of drug-likeness (QED) is 0.810. The van der Waals surface area contributed by atoms with Crippen LogP contribution in [-0.4, -0.2) is 15.7 Å². The van der Waals surface area contributed by atoms with E-state index in [1.165, 1.54) is 0 Å². The molecule has 2 rings (SSSR count). The molecule has 0 aliphatic rings. The number of aryl methyl sites for hydroxylation is 2. The SMILES string of the molecule is CCCc1nc2ccc(Br)c(C)n2c1C=O. The summed E-state index contributed by atoms with van der Waals surface area (Å²) in [7, 11) is 0. The molecule has 0 fully saturated rings. The maximum atomic E-state index is 11.2. The molecule has 0 saturated carbocycles. The van der Waals surface area contributed by atoms with Crippen LogP contribution in [0.3, 0.4) is 0 Å². The number of nitrogens with zero attached hydrogens (tertiary/aromatic N) is 2. The number of pyridine rings is 1. The van der Waals surface area contributed by atoms with Crippen molar-refractivity contribution >= 4 is 27.9 Å². The molecule has 16 heavy (non-hydrogen) atoms. The van der Waals surface area contributed by atoms with E-state index in [9.17, 15) is 4.79 Å². The van der Waals surface area contributed by atoms with Crippen LogP contribution >= 0.6 is 15.9 Å². The molecule has 0 aliphatic carbocycles. The summed E-state index contributed by atoms with van der Waals surface area (Å²) in [4.78, 5) is 15.7. The third-order valence-electron chi connectivity index (χ3n) is 2.67. The van der Waals surface area contributed by atoms with Gasteiger partial charge in [-0.3, -0.25) is 9.20 Å². The minimum Gasteiger partial charge on any atom is -0.296 e. The summed E-state index contributed by atoms with van der Waals surface area (Å²) in [6.45, 7) is 4.06. The van der Waals surface area contributed by atoms with Gasteiger partial charge in [0.1, 0.15) is 11.3 Å². The zero-order valence-corrected chi connectivity index (χ0v) is 10.9. The fourth-order valence-corrected chi connectivity index (χ4v) is 2.19. The fraction of sp³-hybridized carbons (Fsp3) is 0.333. The van der Waals surface area contributed by atoms with Crippen LogP contribution in [0.2, 0.25) is 0 Å². The molecule has 0 N–H and O–H groups in total. The van der Waals surface area contributed by atoms with Crippen LogP contribution in [0.1, 0.15) is 35.2 Å². The number of imidazole rings is 1. The third-order valence-corrected chi connectivity index (χ3v) is 3.51. The standard InChI is InChI=1S/C12H13BrN2O/c1-3-4-10-11(7-16)15-8(2)9(13)5-6-12(15)14-10/h5-7H,3-4H2,1-2H3. The lowest BCUT2D eigenvalue weighted by atomic mass is 10.2. The summed E-state index contributed by atoms with van der Waals surface area (Å²) < 4.78 is 2.89. The van der Waals surface area contributed by atoms with E-state index < -0.39 is 0 Å². The van der Waals surface area contributed by atoms with E-state index in [0.29, 0.717) is 5.69 Å². The van der Waals surface area contributed by atoms with Crippen molar-refractivity contribution in [2.45, 2.75) is 26.7 Å². The molecule has 0 aromatic carbocycles. The van der Waals surface area contributed by atoms with E-state index in [2.05, 4.69) is 27.8 Å². The summed E-state index contributed by atoms with van der Waals surface area (Å²) in [5.74, 6) is 0. The van der Waals surface area contributed by atoms with E-state index in [1.54, 1.807) is 0 Å². The number of aldehydes is 1. The predicted octanol–water partition coefficient (Wildman–Crippen LogP) is 3.17. The molecule has 0 radical (unpaired) electrons. The van der Waals surface area contributed by atoms with Gasteiger partial charge in [0.15, 0.2) is 6.29 Å². The van der Waals surface area contributed by atoms with E-state index >= 15 is 0 Å². The Morgan fingerprint density at radius 2 is 2.25 bits per heavy atom. The van der Waals surface area contributed by atoms with Crippen LogP contribution in [0.15, 0.2) is 16.6 Å². The van der Waals surface area contributed by atoms with Crippen LogP contribution in [0.5, 0.6) is 0 Å². The van der Waals surface area contributed by atoms with Gasteiger partial charge in [-0.1, -0.05) is 13.3 Å². The summed E-state index contributed by atoms with van der Waals surface area (Å²) in [6, 6.07) is 3.88. The second kappa shape index (κ2) is 4.37. The molecule has 0 bridgehead atoms. The van der Waals surface area contributed by atoms with E-state index in [1.807, 2.05) is 23.5 Å². The lowest BCUT2D eigenvalue weighted by molar-refractivity contribution is 0.111. The van der Waals surface area contributed by atoms with Gasteiger partial charge >= 0.3 is 0 Å². The molecule has 0 aliphatic heterocycles. The minimum absolute atomic E-state index is 0.677. The first kappa shape index (κ1) is 11.3. The topological polar surface area (TPSA) is 34.4 Å². The van der Waals surface area contributed by atoms with Gasteiger partial charge in [0.2, 0.25) is 0 Å². The van der Waals surface area contributed by atoms with Crippen molar-refractivity contribution in [2.75, 3.05) is 0 Å². The number of carbonyl (C=O) groups excluding carboxylic acids is 1. The van der Waals surface area contributed by atoms with Gasteiger partial charge in [-0.2, -0.15) is 0 Å². The Balaban J connectivity index is 2.78. The van der Waals surface area contributed by atoms with Crippen molar-refractivity contribution in [1.82, 2.24) is 9.38 Å². The molecule has 0 atom stereocenters. The normalized spacial score (nSPS) is 10.9. The van der Waals surface area contributed by atoms with Gasteiger partial charge in [0, 0.05) is 10.2 Å². The minimum atomic E-state index is 0.677. The van der Waals surface area contributed by atoms with E-state index in [0.717, 1.165) is 40.6 Å². The molecule has 84 valence electrons. The lowest BCUT2D eigenvalue weighted by Crippen LogP contribution is -1.98. The van der Waals surface area contributed by atoms with Gasteiger partial charge in [0.25, 0.3) is 0 Å². The molecule has 3 nitrogen and oxygen atoms in total. The van der Waals surface area contributed by atoms with Gasteiger partial charge < -0.3 is 0 Å². The zero-order chi connectivity index (χ0) is 11.7. The largest absolute Gasteiger partial charge is 0.296 e. The average molecular weight is 281 g/mol. The molecule has 0 spiro atoms. The molecular weight excluding hydrogens is 268 g/mol. The fourth-order valence-electron chi connectivity index (χ4n) is 1.88. The Bertz CT molecular complexity index is 545. The number of hydrogen-bond donors (Lipinski definition) is 0. The second-order valence-electron chi connectivity index (χ2n) is 3.77. The third kappa shape index (κ3) is 1.67. The van der Waals surface area contributed by atoms with Gasteiger partial charge in [-0.25, -0.2) is 4.98 Å². The van der Waals surface area contributed by atoms with Crippen LogP contribution < -0.4 is 0 Å². The summed E-state index contributed by atoms with van der Waals surface area (Å²) in [5, 5.41) is 0. The molecule has 2 aromatic heterocycles. The van der Waals surface area contributed by atoms with Crippen LogP contribution in [0.25, 0.3) is 5.65 Å². The van der Waals surface area contributed by atoms with Crippen molar-refractivity contribution < 1.29 is 4.79 Å². The number of hydrogen-bond acceptors (Lipinski definition) is 2. The Kier molecular flexibility index (Phi) is 3.10. The Morgan fingerprint density at radius 3 is 2.88 bits per heavy atom. The smallest absolute Gasteiger partial charge is 0.168 e. The number of aromatic nitrogens is 2. The Hall–Kier alpha value is -1.16. The number of fused-ring (bicyclic) bond motifs is 1. The molecule has 2 aromatic rings. The summed E-state index contributed by atoms with van der Waals surface area (Å²) in [6.07, 6.45) is 2.72. The average Bonchev–Trinajstić information content (AvgIpc) is 2.62. The highest BCUT2D eigenvalue weighted by Gasteiger charge is 2.13. The molecule has 0 unspecified atom stereocenters. The van der Waals surface area contributed by atoms with Gasteiger partial charge in [0.05, 0.1) is 5.69 Å². The van der Waals surface area contributed by atoms with Gasteiger partial charge in [-0.05, 0) is 41.4 Å². The lowest BCUT2D eigenvalue weighted by Gasteiger charge is -2.03. The maximum Gasteiger partial charge on any atom is 0.168 e. The molecule has 2 heterocycles. The highest BCUT2D eigenvalue weighted by molar-refractivity contribution is 9.10. The zero-order valence-electron chi connectivity index (χ0n) is 9.33. The first-order chi connectivity index (χ1) is 7.69. The highest BCUT2D eigenvalue weighted by atomic mass is 79.9. The molecule has 0 saturated heterocycles. The monoisotopic (exact) mass is 280 g/mol. The number of halogens is 1. The van der Waals surface area contributed by atoms with Crippen molar-refractivity contribution in [3.05, 3.63) is 33.7 Å². The van der Waals surface area contributed by atoms with E-state index in [-0.39, 0.29) is 0 Å². The van der Waals surface area contributed by atoms with Crippen molar-refractivity contribution in [1.29, 1.82) is 0 Å². The number of carbonyl (C=O) groups is 1. The van der Waals surface area contributed by atoms with Crippen LogP contribution in [-0.2, 0) is 6.42 Å². The van der Waals surface area contributed by atoms with Crippen LogP contribution in [0, 0.1) is 6.92 Å². The highest BCUT2D eigenvalue weighted by Crippen LogP contribution is 2.21. The van der Waals surface area contributed by atoms with Crippen molar-refractivity contribution in [3.63, 3.8) is 0 Å².